The molecule has 2 N–H and O–H groups in total. The molecule has 1 aromatic heterocycles. The highest BCUT2D eigenvalue weighted by Crippen LogP contribution is 2.46. The Balaban J connectivity index is 1.56. The average Bonchev–Trinajstić information content (AvgIpc) is 3.75. The first-order chi connectivity index (χ1) is 17.7. The molecular weight excluding hydrogens is 523 g/mol. The number of amides is 3. The highest BCUT2D eigenvalue weighted by Gasteiger charge is 2.31. The Labute approximate surface area is 223 Å². The molecule has 2 aromatic carbocycles. The van der Waals surface area contributed by atoms with Crippen LogP contribution in [0.3, 0.4) is 0 Å². The maximum absolute atomic E-state index is 13.4. The number of nitrogens with one attached hydrogen (secondary N) is 2. The van der Waals surface area contributed by atoms with Crippen LogP contribution in [0.4, 0.5) is 33.5 Å². The maximum atomic E-state index is 13.4. The molecule has 11 nitrogen and oxygen atoms in total. The van der Waals surface area contributed by atoms with Crippen LogP contribution >= 0.6 is 23.2 Å². The minimum Gasteiger partial charge on any atom is -0.495 e. The van der Waals surface area contributed by atoms with Gasteiger partial charge in [-0.2, -0.15) is 0 Å². The molecule has 2 heterocycles. The van der Waals surface area contributed by atoms with Gasteiger partial charge in [0, 0.05) is 26.2 Å². The maximum Gasteiger partial charge on any atom is 0.329 e. The van der Waals surface area contributed by atoms with Crippen LogP contribution in [0.15, 0.2) is 42.7 Å². The Morgan fingerprint density at radius 1 is 1.00 bits per heavy atom. The number of halogens is 2. The summed E-state index contributed by atoms with van der Waals surface area (Å²) >= 11 is 12.9. The van der Waals surface area contributed by atoms with Crippen molar-refractivity contribution in [3.63, 3.8) is 0 Å². The van der Waals surface area contributed by atoms with Gasteiger partial charge in [0.25, 0.3) is 5.91 Å². The van der Waals surface area contributed by atoms with Crippen LogP contribution in [0.2, 0.25) is 10.0 Å². The van der Waals surface area contributed by atoms with Gasteiger partial charge < -0.3 is 24.8 Å². The number of ether oxygens (including phenoxy) is 3. The lowest BCUT2D eigenvalue weighted by molar-refractivity contribution is -0.117. The van der Waals surface area contributed by atoms with Crippen LogP contribution < -0.4 is 29.9 Å². The zero-order chi connectivity index (χ0) is 26.7. The summed E-state index contributed by atoms with van der Waals surface area (Å²) in [6.07, 6.45) is 0.886. The summed E-state index contributed by atoms with van der Waals surface area (Å²) in [5, 5.41) is 6.27. The Morgan fingerprint density at radius 2 is 1.62 bits per heavy atom. The number of urea groups is 1. The van der Waals surface area contributed by atoms with Crippen LogP contribution in [0, 0.1) is 0 Å². The highest BCUT2D eigenvalue weighted by atomic mass is 35.5. The van der Waals surface area contributed by atoms with Gasteiger partial charge in [0.2, 0.25) is 0 Å². The number of rotatable bonds is 8. The second-order valence-electron chi connectivity index (χ2n) is 7.90. The first kappa shape index (κ1) is 26.3. The van der Waals surface area contributed by atoms with E-state index in [0.29, 0.717) is 41.1 Å². The molecule has 1 atom stereocenters. The lowest BCUT2D eigenvalue weighted by atomic mass is 10.2. The molecule has 4 rings (SSSR count). The van der Waals surface area contributed by atoms with Crippen molar-refractivity contribution in [2.45, 2.75) is 6.10 Å². The number of hydrogen-bond acceptors (Lipinski definition) is 8. The van der Waals surface area contributed by atoms with E-state index in [1.165, 1.54) is 43.5 Å². The number of carbonyl (C=O) groups excluding carboxylic acids is 2. The largest absolute Gasteiger partial charge is 0.495 e. The topological polar surface area (TPSA) is 121 Å². The zero-order valence-corrected chi connectivity index (χ0v) is 21.9. The van der Waals surface area contributed by atoms with Gasteiger partial charge in [-0.3, -0.25) is 14.6 Å². The fraction of sp³-hybridized carbons (Fsp3) is 0.250. The van der Waals surface area contributed by atoms with Gasteiger partial charge in [0.05, 0.1) is 37.9 Å². The van der Waals surface area contributed by atoms with Crippen LogP contribution in [0.5, 0.6) is 11.5 Å². The summed E-state index contributed by atoms with van der Waals surface area (Å²) in [5.74, 6) is 1.07. The van der Waals surface area contributed by atoms with Crippen molar-refractivity contribution in [3.05, 3.63) is 52.8 Å². The normalized spacial score (nSPS) is 13.9. The Bertz CT molecular complexity index is 1310. The number of epoxide rings is 1. The van der Waals surface area contributed by atoms with Gasteiger partial charge in [0.1, 0.15) is 39.5 Å². The van der Waals surface area contributed by atoms with Crippen LogP contribution in [0.25, 0.3) is 0 Å². The quantitative estimate of drug-likeness (QED) is 0.394. The smallest absolute Gasteiger partial charge is 0.329 e. The Morgan fingerprint density at radius 3 is 2.22 bits per heavy atom. The molecule has 0 saturated carbocycles. The molecule has 1 unspecified atom stereocenters. The van der Waals surface area contributed by atoms with E-state index in [2.05, 4.69) is 20.6 Å². The van der Waals surface area contributed by atoms with E-state index < -0.39 is 12.1 Å². The summed E-state index contributed by atoms with van der Waals surface area (Å²) in [5.41, 5.74) is 1.38. The minimum absolute atomic E-state index is 0.151. The van der Waals surface area contributed by atoms with Crippen molar-refractivity contribution in [3.8, 4) is 11.5 Å². The first-order valence-corrected chi connectivity index (χ1v) is 11.7. The number of para-hydroxylation sites is 2. The molecule has 13 heteroatoms. The van der Waals surface area contributed by atoms with Crippen molar-refractivity contribution < 1.29 is 23.8 Å². The standard InChI is InChI=1S/C24H24Cl2N6O5/c1-31(24(34)32(2)22-20(25)15(35-3)9-16(36-4)21(22)26)19-10-18(27-12-28-19)29-13-7-5-6-8-14(13)30-23(33)17-11-37-17/h5-10,12,17H,11H2,1-4H3,(H,30,33)(H,27,28,29). The fourth-order valence-corrected chi connectivity index (χ4v) is 4.19. The van der Waals surface area contributed by atoms with E-state index in [9.17, 15) is 9.59 Å². The molecule has 0 radical (unpaired) electrons. The van der Waals surface area contributed by atoms with Crippen LogP contribution in [-0.2, 0) is 9.53 Å². The third-order valence-electron chi connectivity index (χ3n) is 5.53. The van der Waals surface area contributed by atoms with Crippen molar-refractivity contribution in [2.24, 2.45) is 0 Å². The average molecular weight is 547 g/mol. The summed E-state index contributed by atoms with van der Waals surface area (Å²) < 4.78 is 15.6. The van der Waals surface area contributed by atoms with Crippen molar-refractivity contribution in [2.75, 3.05) is 55.4 Å². The third-order valence-corrected chi connectivity index (χ3v) is 6.26. The molecule has 0 spiro atoms. The van der Waals surface area contributed by atoms with Gasteiger partial charge in [-0.1, -0.05) is 35.3 Å². The molecule has 1 saturated heterocycles. The second-order valence-corrected chi connectivity index (χ2v) is 8.66. The van der Waals surface area contributed by atoms with E-state index in [0.717, 1.165) is 0 Å². The van der Waals surface area contributed by atoms with Gasteiger partial charge in [-0.25, -0.2) is 14.8 Å². The molecule has 3 amide bonds. The lowest BCUT2D eigenvalue weighted by Crippen LogP contribution is -2.39. The number of benzene rings is 2. The van der Waals surface area contributed by atoms with Crippen LogP contribution in [0.1, 0.15) is 0 Å². The number of anilines is 5. The molecule has 194 valence electrons. The monoisotopic (exact) mass is 546 g/mol. The Kier molecular flexibility index (Phi) is 7.86. The SMILES string of the molecule is COc1cc(OC)c(Cl)c(N(C)C(=O)N(C)c2cc(Nc3ccccc3NC(=O)C3CO3)ncn2)c1Cl. The molecule has 1 aliphatic rings. The molecule has 3 aromatic rings. The molecule has 1 aliphatic heterocycles. The van der Waals surface area contributed by atoms with Gasteiger partial charge in [0.15, 0.2) is 6.10 Å². The van der Waals surface area contributed by atoms with Gasteiger partial charge in [-0.05, 0) is 12.1 Å². The highest BCUT2D eigenvalue weighted by molar-refractivity contribution is 6.42. The Hall–Kier alpha value is -3.80. The van der Waals surface area contributed by atoms with Crippen molar-refractivity contribution >= 4 is 63.8 Å². The predicted octanol–water partition coefficient (Wildman–Crippen LogP) is 4.57. The summed E-state index contributed by atoms with van der Waals surface area (Å²) in [4.78, 5) is 36.5. The molecule has 0 bridgehead atoms. The molecule has 37 heavy (non-hydrogen) atoms. The molecule has 1 fully saturated rings. The van der Waals surface area contributed by atoms with Crippen molar-refractivity contribution in [1.82, 2.24) is 9.97 Å². The van der Waals surface area contributed by atoms with Gasteiger partial charge >= 0.3 is 6.03 Å². The van der Waals surface area contributed by atoms with E-state index >= 15 is 0 Å². The van der Waals surface area contributed by atoms with Crippen LogP contribution in [-0.4, -0.2) is 62.9 Å². The van der Waals surface area contributed by atoms with Crippen molar-refractivity contribution in [1.29, 1.82) is 0 Å². The number of hydrogen-bond donors (Lipinski definition) is 2. The lowest BCUT2D eigenvalue weighted by Gasteiger charge is -2.27. The van der Waals surface area contributed by atoms with E-state index in [-0.39, 0.29) is 21.6 Å². The second kappa shape index (κ2) is 11.1. The number of methoxy groups -OCH3 is 2. The molecular formula is C24H24Cl2N6O5. The summed E-state index contributed by atoms with van der Waals surface area (Å²) in [6.45, 7) is 0.407. The number of aromatic nitrogens is 2. The minimum atomic E-state index is -0.485. The predicted molar refractivity (Wildman–Crippen MR) is 142 cm³/mol. The fourth-order valence-electron chi connectivity index (χ4n) is 3.44. The first-order valence-electron chi connectivity index (χ1n) is 11.0. The van der Waals surface area contributed by atoms with E-state index in [4.69, 9.17) is 37.4 Å². The van der Waals surface area contributed by atoms with Gasteiger partial charge in [-0.15, -0.1) is 0 Å². The van der Waals surface area contributed by atoms with E-state index in [1.807, 2.05) is 6.07 Å². The van der Waals surface area contributed by atoms with E-state index in [1.54, 1.807) is 31.3 Å². The zero-order valence-electron chi connectivity index (χ0n) is 20.4. The molecule has 0 aliphatic carbocycles. The summed E-state index contributed by atoms with van der Waals surface area (Å²) in [6, 6.07) is 9.79. The third kappa shape index (κ3) is 5.63. The number of nitrogens with zero attached hydrogens (tertiary/aromatic N) is 4. The number of carbonyl (C=O) groups is 2. The summed E-state index contributed by atoms with van der Waals surface area (Å²) in [7, 11) is 5.97.